The summed E-state index contributed by atoms with van der Waals surface area (Å²) in [5.74, 6) is 2.11. The van der Waals surface area contributed by atoms with Crippen LogP contribution in [0.15, 0.2) is 35.4 Å². The second-order valence-corrected chi connectivity index (χ2v) is 17.3. The number of hydrogen-bond donors (Lipinski definition) is 1. The number of rotatable bonds is 6. The summed E-state index contributed by atoms with van der Waals surface area (Å²) in [7, 11) is 1.63. The number of hydrogen-bond acceptors (Lipinski definition) is 6. The minimum atomic E-state index is -0.688. The Morgan fingerprint density at radius 3 is 2.23 bits per heavy atom. The van der Waals surface area contributed by atoms with Gasteiger partial charge in [-0.1, -0.05) is 60.6 Å². The smallest absolute Gasteiger partial charge is 0.408 e. The number of allylic oxidation sites excluding steroid dienone is 1. The molecule has 7 heteroatoms. The first-order valence-corrected chi connectivity index (χ1v) is 18.1. The maximum atomic E-state index is 13.9. The van der Waals surface area contributed by atoms with E-state index in [-0.39, 0.29) is 58.0 Å². The molecule has 5 aliphatic rings. The molecular formula is C40H57NO6. The second kappa shape index (κ2) is 11.7. The van der Waals surface area contributed by atoms with Crippen LogP contribution in [0.25, 0.3) is 0 Å². The van der Waals surface area contributed by atoms with Gasteiger partial charge in [0, 0.05) is 18.8 Å². The first-order chi connectivity index (χ1) is 22.0. The van der Waals surface area contributed by atoms with E-state index in [1.165, 1.54) is 12.5 Å². The Hall–Kier alpha value is -2.83. The molecule has 4 fully saturated rings. The maximum absolute atomic E-state index is 13.9. The van der Waals surface area contributed by atoms with Gasteiger partial charge >= 0.3 is 12.1 Å². The van der Waals surface area contributed by atoms with E-state index in [1.54, 1.807) is 7.11 Å². The molecule has 1 N–H and O–H groups in total. The van der Waals surface area contributed by atoms with Crippen molar-refractivity contribution in [2.75, 3.05) is 7.11 Å². The van der Waals surface area contributed by atoms with Crippen molar-refractivity contribution in [1.82, 2.24) is 5.32 Å². The van der Waals surface area contributed by atoms with E-state index in [0.29, 0.717) is 18.3 Å². The number of ether oxygens (including phenoxy) is 3. The molecule has 7 nitrogen and oxygen atoms in total. The van der Waals surface area contributed by atoms with Crippen LogP contribution in [-0.2, 0) is 25.7 Å². The van der Waals surface area contributed by atoms with Crippen LogP contribution in [-0.4, -0.2) is 36.6 Å². The average Bonchev–Trinajstić information content (AvgIpc) is 3.29. The van der Waals surface area contributed by atoms with Crippen molar-refractivity contribution in [2.45, 2.75) is 131 Å². The van der Waals surface area contributed by atoms with Crippen molar-refractivity contribution in [3.63, 3.8) is 0 Å². The van der Waals surface area contributed by atoms with E-state index in [1.807, 2.05) is 24.3 Å². The van der Waals surface area contributed by atoms with Gasteiger partial charge < -0.3 is 19.5 Å². The van der Waals surface area contributed by atoms with Gasteiger partial charge in [-0.2, -0.15) is 0 Å². The summed E-state index contributed by atoms with van der Waals surface area (Å²) >= 11 is 0. The van der Waals surface area contributed by atoms with E-state index < -0.39 is 11.6 Å². The third-order valence-electron chi connectivity index (χ3n) is 14.5. The van der Waals surface area contributed by atoms with Crippen LogP contribution < -0.4 is 10.1 Å². The van der Waals surface area contributed by atoms with Crippen LogP contribution in [0.2, 0.25) is 0 Å². The molecule has 1 aromatic carbocycles. The predicted molar refractivity (Wildman–Crippen MR) is 182 cm³/mol. The van der Waals surface area contributed by atoms with Crippen molar-refractivity contribution >= 4 is 17.8 Å². The molecule has 4 saturated carbocycles. The van der Waals surface area contributed by atoms with E-state index in [4.69, 9.17) is 14.2 Å². The molecular weight excluding hydrogens is 590 g/mol. The summed E-state index contributed by atoms with van der Waals surface area (Å²) in [5, 5.41) is 3.32. The molecule has 47 heavy (non-hydrogen) atoms. The Morgan fingerprint density at radius 1 is 0.894 bits per heavy atom. The lowest BCUT2D eigenvalue weighted by Gasteiger charge is -2.72. The molecule has 8 unspecified atom stereocenters. The highest BCUT2D eigenvalue weighted by molar-refractivity contribution is 6.02. The summed E-state index contributed by atoms with van der Waals surface area (Å²) in [4.78, 5) is 39.4. The molecule has 1 aromatic rings. The quantitative estimate of drug-likeness (QED) is 0.311. The highest BCUT2D eigenvalue weighted by Gasteiger charge is 2.70. The third-order valence-corrected chi connectivity index (χ3v) is 14.5. The maximum Gasteiger partial charge on any atom is 0.408 e. The zero-order valence-corrected chi connectivity index (χ0v) is 30.2. The minimum absolute atomic E-state index is 0.000947. The fourth-order valence-corrected chi connectivity index (χ4v) is 12.2. The third kappa shape index (κ3) is 5.15. The summed E-state index contributed by atoms with van der Waals surface area (Å²) in [6.07, 6.45) is 7.91. The highest BCUT2D eigenvalue weighted by Crippen LogP contribution is 2.75. The van der Waals surface area contributed by atoms with Crippen LogP contribution in [0.4, 0.5) is 4.79 Å². The monoisotopic (exact) mass is 647 g/mol. The van der Waals surface area contributed by atoms with Crippen molar-refractivity contribution in [1.29, 1.82) is 0 Å². The Morgan fingerprint density at radius 2 is 1.60 bits per heavy atom. The molecule has 8 atom stereocenters. The number of benzene rings is 1. The number of fused-ring (bicyclic) bond motifs is 7. The molecule has 0 spiro atoms. The Bertz CT molecular complexity index is 1460. The van der Waals surface area contributed by atoms with E-state index >= 15 is 0 Å². The number of carbonyl (C=O) groups is 3. The van der Waals surface area contributed by atoms with Crippen LogP contribution in [0, 0.1) is 45.3 Å². The average molecular weight is 648 g/mol. The highest BCUT2D eigenvalue weighted by atomic mass is 16.6. The lowest BCUT2D eigenvalue weighted by atomic mass is 9.33. The van der Waals surface area contributed by atoms with Crippen LogP contribution in [0.3, 0.4) is 0 Å². The molecule has 1 amide bonds. The number of esters is 1. The number of Topliss-reactive ketones (excluding diaryl/α,β-unsaturated/α-hetero) is 1. The number of carbonyl (C=O) groups excluding carboxylic acids is 3. The summed E-state index contributed by atoms with van der Waals surface area (Å²) in [5.41, 5.74) is 2.51. The second-order valence-electron chi connectivity index (χ2n) is 17.3. The minimum Gasteiger partial charge on any atom is -0.497 e. The largest absolute Gasteiger partial charge is 0.497 e. The zero-order valence-electron chi connectivity index (χ0n) is 30.2. The normalized spacial score (nSPS) is 38.9. The van der Waals surface area contributed by atoms with Crippen LogP contribution in [0.1, 0.15) is 119 Å². The topological polar surface area (TPSA) is 90.9 Å². The van der Waals surface area contributed by atoms with Crippen molar-refractivity contribution < 1.29 is 28.6 Å². The number of nitrogens with one attached hydrogen (secondary N) is 1. The molecule has 5 aliphatic carbocycles. The molecule has 0 aromatic heterocycles. The fourth-order valence-electron chi connectivity index (χ4n) is 12.2. The SMILES string of the molecule is COc1ccc(COC(=O)NC23CCC4(C)C(CCC5C6(C)CCC(OC(C)=O)C(C)(C)C6CCC54C)C2=C(C(C)C)C(=O)C3)cc1. The fraction of sp³-hybridized carbons (Fsp3) is 0.725. The van der Waals surface area contributed by atoms with Crippen molar-refractivity contribution in [3.05, 3.63) is 41.0 Å². The van der Waals surface area contributed by atoms with Gasteiger partial charge in [-0.05, 0) is 120 Å². The van der Waals surface area contributed by atoms with Gasteiger partial charge in [0.1, 0.15) is 18.5 Å². The summed E-state index contributed by atoms with van der Waals surface area (Å²) in [6, 6.07) is 7.52. The standard InChI is InChI=1S/C40H57NO6/c1-24(2)33-29(43)22-40(41-35(44)46-23-26-10-12-27(45-9)13-11-26)21-20-38(7)28(34(33)40)14-15-31-37(6)18-17-32(47-25(3)42)36(4,5)30(37)16-19-39(31,38)8/h10-13,24,28,30-32H,14-23H2,1-9H3,(H,41,44). The van der Waals surface area contributed by atoms with Crippen LogP contribution >= 0.6 is 0 Å². The molecule has 0 radical (unpaired) electrons. The molecule has 0 saturated heterocycles. The van der Waals surface area contributed by atoms with E-state index in [9.17, 15) is 14.4 Å². The number of methoxy groups -OCH3 is 1. The predicted octanol–water partition coefficient (Wildman–Crippen LogP) is 8.59. The van der Waals surface area contributed by atoms with Crippen molar-refractivity contribution in [3.8, 4) is 5.75 Å². The first kappa shape index (κ1) is 34.0. The Balaban J connectivity index is 1.29. The number of ketones is 1. The van der Waals surface area contributed by atoms with Gasteiger partial charge in [-0.15, -0.1) is 0 Å². The van der Waals surface area contributed by atoms with Gasteiger partial charge in [0.2, 0.25) is 0 Å². The lowest BCUT2D eigenvalue weighted by molar-refractivity contribution is -0.231. The van der Waals surface area contributed by atoms with Gasteiger partial charge in [0.05, 0.1) is 12.6 Å². The Kier molecular flexibility index (Phi) is 8.44. The van der Waals surface area contributed by atoms with Gasteiger partial charge in [-0.3, -0.25) is 9.59 Å². The lowest BCUT2D eigenvalue weighted by Crippen LogP contribution is -2.67. The number of amides is 1. The first-order valence-electron chi connectivity index (χ1n) is 18.1. The molecule has 6 rings (SSSR count). The van der Waals surface area contributed by atoms with Crippen molar-refractivity contribution in [2.24, 2.45) is 45.3 Å². The van der Waals surface area contributed by atoms with E-state index in [0.717, 1.165) is 68.3 Å². The van der Waals surface area contributed by atoms with E-state index in [2.05, 4.69) is 53.8 Å². The molecule has 258 valence electrons. The number of alkyl carbamates (subject to hydrolysis) is 1. The molecule has 0 aliphatic heterocycles. The molecule has 0 bridgehead atoms. The van der Waals surface area contributed by atoms with Gasteiger partial charge in [0.25, 0.3) is 0 Å². The zero-order chi connectivity index (χ0) is 34.2. The summed E-state index contributed by atoms with van der Waals surface area (Å²) < 4.78 is 17.0. The van der Waals surface area contributed by atoms with Gasteiger partial charge in [-0.25, -0.2) is 4.79 Å². The van der Waals surface area contributed by atoms with Gasteiger partial charge in [0.15, 0.2) is 5.78 Å². The summed E-state index contributed by atoms with van der Waals surface area (Å²) in [6.45, 7) is 18.2. The van der Waals surface area contributed by atoms with Crippen LogP contribution in [0.5, 0.6) is 5.75 Å². The molecule has 0 heterocycles. The Labute approximate surface area is 281 Å².